The third-order valence-electron chi connectivity index (χ3n) is 2.58. The van der Waals surface area contributed by atoms with Gasteiger partial charge in [-0.05, 0) is 29.0 Å². The van der Waals surface area contributed by atoms with Gasteiger partial charge in [0.25, 0.3) is 0 Å². The van der Waals surface area contributed by atoms with Crippen LogP contribution in [0.4, 0.5) is 4.39 Å². The highest BCUT2D eigenvalue weighted by Crippen LogP contribution is 2.24. The van der Waals surface area contributed by atoms with Crippen LogP contribution in [0, 0.1) is 5.82 Å². The van der Waals surface area contributed by atoms with E-state index in [1.807, 2.05) is 0 Å². The molecule has 0 spiro atoms. The van der Waals surface area contributed by atoms with Crippen molar-refractivity contribution in [2.45, 2.75) is 0 Å². The van der Waals surface area contributed by atoms with Crippen LogP contribution in [0.25, 0.3) is 10.9 Å². The summed E-state index contributed by atoms with van der Waals surface area (Å²) in [5.41, 5.74) is 0.595. The van der Waals surface area contributed by atoms with E-state index in [0.717, 1.165) is 5.30 Å². The molecule has 3 rings (SSSR count). The van der Waals surface area contributed by atoms with Crippen LogP contribution in [0.1, 0.15) is 0 Å². The van der Waals surface area contributed by atoms with Gasteiger partial charge >= 0.3 is 0 Å². The van der Waals surface area contributed by atoms with Crippen LogP contribution in [0.3, 0.4) is 0 Å². The predicted molar refractivity (Wildman–Crippen MR) is 78.2 cm³/mol. The van der Waals surface area contributed by atoms with Crippen molar-refractivity contribution in [3.63, 3.8) is 0 Å². The Morgan fingerprint density at radius 2 is 2.00 bits per heavy atom. The van der Waals surface area contributed by atoms with Crippen LogP contribution in [0.2, 0.25) is 5.28 Å². The Balaban J connectivity index is 1.96. The summed E-state index contributed by atoms with van der Waals surface area (Å²) in [6.45, 7) is 0. The van der Waals surface area contributed by atoms with E-state index in [4.69, 9.17) is 16.3 Å². The summed E-state index contributed by atoms with van der Waals surface area (Å²) < 4.78 is 19.1. The molecule has 7 heteroatoms. The minimum Gasteiger partial charge on any atom is -0.436 e. The Labute approximate surface area is 121 Å². The van der Waals surface area contributed by atoms with Crippen LogP contribution < -0.4 is 10.0 Å². The summed E-state index contributed by atoms with van der Waals surface area (Å²) >= 11 is 5.69. The second-order valence-electron chi connectivity index (χ2n) is 4.01. The Hall–Kier alpha value is -1.84. The largest absolute Gasteiger partial charge is 0.436 e. The number of aromatic nitrogens is 3. The van der Waals surface area contributed by atoms with E-state index in [0.29, 0.717) is 10.9 Å². The third-order valence-corrected chi connectivity index (χ3v) is 3.12. The van der Waals surface area contributed by atoms with Gasteiger partial charge in [0, 0.05) is 17.6 Å². The summed E-state index contributed by atoms with van der Waals surface area (Å²) in [6.07, 6.45) is 3.06. The normalized spacial score (nSPS) is 10.8. The molecule has 0 saturated carbocycles. The number of fused-ring (bicyclic) bond motifs is 1. The number of pyridine rings is 1. The number of hydrogen-bond acceptors (Lipinski definition) is 4. The maximum atomic E-state index is 13.7. The van der Waals surface area contributed by atoms with Crippen molar-refractivity contribution in [2.75, 3.05) is 0 Å². The molecule has 0 aliphatic rings. The second kappa shape index (κ2) is 5.27. The van der Waals surface area contributed by atoms with Gasteiger partial charge in [-0.2, -0.15) is 0 Å². The summed E-state index contributed by atoms with van der Waals surface area (Å²) in [5.74, 6) is -0.0801. The highest BCUT2D eigenvalue weighted by atomic mass is 35.5. The maximum Gasteiger partial charge on any atom is 0.222 e. The molecular formula is C13H8ClFN3OP. The smallest absolute Gasteiger partial charge is 0.222 e. The molecule has 0 saturated heterocycles. The van der Waals surface area contributed by atoms with Crippen LogP contribution in [-0.2, 0) is 0 Å². The Morgan fingerprint density at radius 1 is 1.15 bits per heavy atom. The van der Waals surface area contributed by atoms with Crippen molar-refractivity contribution in [3.8, 4) is 11.6 Å². The zero-order valence-corrected chi connectivity index (χ0v) is 12.0. The van der Waals surface area contributed by atoms with Crippen molar-refractivity contribution < 1.29 is 9.13 Å². The lowest BCUT2D eigenvalue weighted by Crippen LogP contribution is -1.96. The van der Waals surface area contributed by atoms with Crippen molar-refractivity contribution in [1.82, 2.24) is 15.0 Å². The first-order valence-corrected chi connectivity index (χ1v) is 6.58. The van der Waals surface area contributed by atoms with Crippen molar-refractivity contribution in [2.24, 2.45) is 0 Å². The fourth-order valence-electron chi connectivity index (χ4n) is 1.66. The number of halogens is 2. The zero-order chi connectivity index (χ0) is 14.1. The standard InChI is InChI=1S/C13H8ClFN3OP/c14-13-17-5-7-3-12(16-6-10(7)18-13)19-11-2-1-8(20)4-9(11)15/h1-6H,20H2. The van der Waals surface area contributed by atoms with Gasteiger partial charge in [0.05, 0.1) is 11.7 Å². The van der Waals surface area contributed by atoms with Gasteiger partial charge in [0.1, 0.15) is 0 Å². The van der Waals surface area contributed by atoms with Crippen LogP contribution in [0.15, 0.2) is 36.7 Å². The first-order chi connectivity index (χ1) is 9.61. The van der Waals surface area contributed by atoms with E-state index in [-0.39, 0.29) is 16.9 Å². The number of rotatable bonds is 2. The monoisotopic (exact) mass is 307 g/mol. The second-order valence-corrected chi connectivity index (χ2v) is 5.02. The lowest BCUT2D eigenvalue weighted by Gasteiger charge is -2.07. The average Bonchev–Trinajstić information content (AvgIpc) is 2.42. The first-order valence-electron chi connectivity index (χ1n) is 5.63. The van der Waals surface area contributed by atoms with E-state index in [1.54, 1.807) is 24.4 Å². The van der Waals surface area contributed by atoms with Crippen molar-refractivity contribution in [3.05, 3.63) is 47.8 Å². The minimum absolute atomic E-state index is 0.109. The van der Waals surface area contributed by atoms with Crippen molar-refractivity contribution >= 4 is 37.0 Å². The van der Waals surface area contributed by atoms with Gasteiger partial charge in [-0.25, -0.2) is 19.3 Å². The Bertz CT molecular complexity index is 800. The molecule has 2 heterocycles. The summed E-state index contributed by atoms with van der Waals surface area (Å²) in [4.78, 5) is 12.0. The molecule has 0 radical (unpaired) electrons. The van der Waals surface area contributed by atoms with E-state index >= 15 is 0 Å². The van der Waals surface area contributed by atoms with Gasteiger partial charge in [0.2, 0.25) is 11.2 Å². The minimum atomic E-state index is -0.452. The molecule has 1 atom stereocenters. The average molecular weight is 308 g/mol. The van der Waals surface area contributed by atoms with Crippen LogP contribution in [0.5, 0.6) is 11.6 Å². The quantitative estimate of drug-likeness (QED) is 0.539. The molecular weight excluding hydrogens is 300 g/mol. The molecule has 1 unspecified atom stereocenters. The van der Waals surface area contributed by atoms with E-state index in [2.05, 4.69) is 24.2 Å². The highest BCUT2D eigenvalue weighted by Gasteiger charge is 2.07. The lowest BCUT2D eigenvalue weighted by molar-refractivity contribution is 0.428. The van der Waals surface area contributed by atoms with Gasteiger partial charge in [-0.1, -0.05) is 6.07 Å². The number of benzene rings is 1. The van der Waals surface area contributed by atoms with E-state index < -0.39 is 5.82 Å². The molecule has 4 nitrogen and oxygen atoms in total. The lowest BCUT2D eigenvalue weighted by atomic mass is 10.3. The zero-order valence-electron chi connectivity index (χ0n) is 10.0. The molecule has 1 aromatic carbocycles. The first kappa shape index (κ1) is 13.2. The van der Waals surface area contributed by atoms with Crippen molar-refractivity contribution in [1.29, 1.82) is 0 Å². The fraction of sp³-hybridized carbons (Fsp3) is 0. The molecule has 0 aliphatic carbocycles. The highest BCUT2D eigenvalue weighted by molar-refractivity contribution is 7.27. The van der Waals surface area contributed by atoms with Gasteiger partial charge in [0.15, 0.2) is 11.6 Å². The SMILES string of the molecule is Fc1cc(P)ccc1Oc1cc2cnc(Cl)nc2cn1. The molecule has 0 aliphatic heterocycles. The summed E-state index contributed by atoms with van der Waals surface area (Å²) in [7, 11) is 2.42. The molecule has 0 amide bonds. The third kappa shape index (κ3) is 2.69. The predicted octanol–water partition coefficient (Wildman–Crippen LogP) is 3.11. The maximum absolute atomic E-state index is 13.7. The molecule has 20 heavy (non-hydrogen) atoms. The molecule has 0 N–H and O–H groups in total. The summed E-state index contributed by atoms with van der Waals surface area (Å²) in [6, 6.07) is 6.26. The van der Waals surface area contributed by atoms with E-state index in [9.17, 15) is 4.39 Å². The van der Waals surface area contributed by atoms with Gasteiger partial charge in [-0.15, -0.1) is 9.24 Å². The summed E-state index contributed by atoms with van der Waals surface area (Å²) in [5, 5.41) is 1.60. The van der Waals surface area contributed by atoms with Crippen LogP contribution in [-0.4, -0.2) is 15.0 Å². The Kier molecular flexibility index (Phi) is 3.47. The van der Waals surface area contributed by atoms with E-state index in [1.165, 1.54) is 12.3 Å². The fourth-order valence-corrected chi connectivity index (χ4v) is 2.04. The molecule has 3 aromatic rings. The molecule has 100 valence electrons. The Morgan fingerprint density at radius 3 is 2.80 bits per heavy atom. The number of ether oxygens (including phenoxy) is 1. The number of nitrogens with zero attached hydrogens (tertiary/aromatic N) is 3. The molecule has 0 fully saturated rings. The van der Waals surface area contributed by atoms with Crippen LogP contribution >= 0.6 is 20.8 Å². The van der Waals surface area contributed by atoms with Gasteiger partial charge in [-0.3, -0.25) is 0 Å². The topological polar surface area (TPSA) is 47.9 Å². The molecule has 0 bridgehead atoms. The molecule has 2 aromatic heterocycles. The number of hydrogen-bond donors (Lipinski definition) is 0. The van der Waals surface area contributed by atoms with Gasteiger partial charge < -0.3 is 4.74 Å².